The van der Waals surface area contributed by atoms with Gasteiger partial charge in [-0.15, -0.1) is 0 Å². The zero-order valence-electron chi connectivity index (χ0n) is 14.1. The van der Waals surface area contributed by atoms with Crippen LogP contribution in [0.1, 0.15) is 60.8 Å². The zero-order chi connectivity index (χ0) is 15.6. The largest absolute Gasteiger partial charge is 0.465 e. The van der Waals surface area contributed by atoms with Gasteiger partial charge < -0.3 is 9.47 Å². The van der Waals surface area contributed by atoms with Crippen LogP contribution in [-0.4, -0.2) is 37.4 Å². The van der Waals surface area contributed by atoms with Crippen molar-refractivity contribution >= 4 is 5.97 Å². The molecule has 0 radical (unpaired) electrons. The Bertz CT molecular complexity index is 266. The van der Waals surface area contributed by atoms with Gasteiger partial charge in [0.15, 0.2) is 0 Å². The van der Waals surface area contributed by atoms with Crippen LogP contribution >= 0.6 is 0 Å². The third-order valence-electron chi connectivity index (χ3n) is 3.14. The Kier molecular flexibility index (Phi) is 9.86. The average molecular weight is 287 g/mol. The Labute approximate surface area is 124 Å². The first kappa shape index (κ1) is 19.4. The number of carbonyl (C=O) groups excluding carboxylic acids is 1. The van der Waals surface area contributed by atoms with Crippen molar-refractivity contribution in [3.63, 3.8) is 0 Å². The summed E-state index contributed by atoms with van der Waals surface area (Å²) in [5.41, 5.74) is -0.619. The Morgan fingerprint density at radius 1 is 1.20 bits per heavy atom. The lowest BCUT2D eigenvalue weighted by molar-refractivity contribution is -0.151. The Balaban J connectivity index is 4.13. The van der Waals surface area contributed by atoms with Crippen molar-refractivity contribution < 1.29 is 14.3 Å². The lowest BCUT2D eigenvalue weighted by Gasteiger charge is -2.30. The molecule has 0 fully saturated rings. The standard InChI is InChI=1S/C16H33NO3/c1-7-20-15(18)16(6,17-14(4)5)10-8-11-19-12-9-13(2)3/h13-14,17H,7-12H2,1-6H3. The molecule has 0 rings (SSSR count). The van der Waals surface area contributed by atoms with Crippen LogP contribution in [0, 0.1) is 5.92 Å². The quantitative estimate of drug-likeness (QED) is 0.468. The smallest absolute Gasteiger partial charge is 0.326 e. The second-order valence-electron chi connectivity index (χ2n) is 6.25. The summed E-state index contributed by atoms with van der Waals surface area (Å²) in [6, 6.07) is 0.242. The molecule has 1 N–H and O–H groups in total. The van der Waals surface area contributed by atoms with Gasteiger partial charge in [0.1, 0.15) is 5.54 Å². The summed E-state index contributed by atoms with van der Waals surface area (Å²) >= 11 is 0. The molecule has 0 aliphatic heterocycles. The van der Waals surface area contributed by atoms with Gasteiger partial charge >= 0.3 is 5.97 Å². The van der Waals surface area contributed by atoms with Crippen molar-refractivity contribution in [2.24, 2.45) is 5.92 Å². The van der Waals surface area contributed by atoms with E-state index in [1.165, 1.54) is 0 Å². The predicted octanol–water partition coefficient (Wildman–Crippen LogP) is 3.15. The highest BCUT2D eigenvalue weighted by molar-refractivity contribution is 5.80. The van der Waals surface area contributed by atoms with E-state index in [4.69, 9.17) is 9.47 Å². The van der Waals surface area contributed by atoms with Gasteiger partial charge in [0, 0.05) is 19.3 Å². The molecule has 0 aromatic carbocycles. The van der Waals surface area contributed by atoms with Gasteiger partial charge in [-0.2, -0.15) is 0 Å². The van der Waals surface area contributed by atoms with E-state index >= 15 is 0 Å². The van der Waals surface area contributed by atoms with Crippen LogP contribution in [0.15, 0.2) is 0 Å². The summed E-state index contributed by atoms with van der Waals surface area (Å²) in [4.78, 5) is 12.1. The van der Waals surface area contributed by atoms with E-state index in [1.807, 2.05) is 27.7 Å². The lowest BCUT2D eigenvalue weighted by Crippen LogP contribution is -2.53. The van der Waals surface area contributed by atoms with E-state index < -0.39 is 5.54 Å². The number of ether oxygens (including phenoxy) is 2. The molecule has 0 saturated heterocycles. The molecule has 4 heteroatoms. The van der Waals surface area contributed by atoms with Gasteiger partial charge in [0.05, 0.1) is 6.61 Å². The molecule has 20 heavy (non-hydrogen) atoms. The molecule has 0 aliphatic carbocycles. The normalized spacial score (nSPS) is 14.6. The average Bonchev–Trinajstić information content (AvgIpc) is 2.32. The van der Waals surface area contributed by atoms with Crippen molar-refractivity contribution in [3.05, 3.63) is 0 Å². The van der Waals surface area contributed by atoms with E-state index in [2.05, 4.69) is 19.2 Å². The molecule has 0 saturated carbocycles. The lowest BCUT2D eigenvalue weighted by atomic mass is 9.95. The molecule has 1 atom stereocenters. The van der Waals surface area contributed by atoms with E-state index in [-0.39, 0.29) is 12.0 Å². The fraction of sp³-hybridized carbons (Fsp3) is 0.938. The Hall–Kier alpha value is -0.610. The van der Waals surface area contributed by atoms with Crippen LogP contribution in [0.4, 0.5) is 0 Å². The van der Waals surface area contributed by atoms with Crippen LogP contribution in [0.2, 0.25) is 0 Å². The fourth-order valence-electron chi connectivity index (χ4n) is 2.11. The number of esters is 1. The van der Waals surface area contributed by atoms with Crippen LogP contribution in [0.3, 0.4) is 0 Å². The van der Waals surface area contributed by atoms with Gasteiger partial charge in [-0.3, -0.25) is 10.1 Å². The first-order valence-corrected chi connectivity index (χ1v) is 7.84. The summed E-state index contributed by atoms with van der Waals surface area (Å²) in [5, 5.41) is 3.32. The van der Waals surface area contributed by atoms with Gasteiger partial charge in [0.2, 0.25) is 0 Å². The molecular weight excluding hydrogens is 254 g/mol. The Morgan fingerprint density at radius 2 is 1.85 bits per heavy atom. The molecule has 0 aliphatic rings. The van der Waals surface area contributed by atoms with E-state index in [9.17, 15) is 4.79 Å². The summed E-state index contributed by atoms with van der Waals surface area (Å²) < 4.78 is 10.8. The molecule has 0 bridgehead atoms. The molecule has 0 heterocycles. The minimum atomic E-state index is -0.619. The fourth-order valence-corrected chi connectivity index (χ4v) is 2.11. The molecular formula is C16H33NO3. The van der Waals surface area contributed by atoms with Gasteiger partial charge in [-0.25, -0.2) is 0 Å². The zero-order valence-corrected chi connectivity index (χ0v) is 14.1. The maximum atomic E-state index is 12.1. The highest BCUT2D eigenvalue weighted by Crippen LogP contribution is 2.16. The molecule has 0 amide bonds. The maximum absolute atomic E-state index is 12.1. The van der Waals surface area contributed by atoms with Crippen LogP contribution < -0.4 is 5.32 Å². The third kappa shape index (κ3) is 8.54. The molecule has 4 nitrogen and oxygen atoms in total. The van der Waals surface area contributed by atoms with Gasteiger partial charge in [-0.1, -0.05) is 13.8 Å². The molecule has 0 aromatic heterocycles. The van der Waals surface area contributed by atoms with Crippen LogP contribution in [-0.2, 0) is 14.3 Å². The summed E-state index contributed by atoms with van der Waals surface area (Å²) in [6.45, 7) is 14.1. The van der Waals surface area contributed by atoms with Gasteiger partial charge in [-0.05, 0) is 52.9 Å². The van der Waals surface area contributed by atoms with Crippen LogP contribution in [0.25, 0.3) is 0 Å². The highest BCUT2D eigenvalue weighted by Gasteiger charge is 2.34. The molecule has 1 unspecified atom stereocenters. The monoisotopic (exact) mass is 287 g/mol. The minimum absolute atomic E-state index is 0.170. The summed E-state index contributed by atoms with van der Waals surface area (Å²) in [7, 11) is 0. The highest BCUT2D eigenvalue weighted by atomic mass is 16.5. The molecule has 120 valence electrons. The van der Waals surface area contributed by atoms with Crippen molar-refractivity contribution in [3.8, 4) is 0 Å². The second-order valence-corrected chi connectivity index (χ2v) is 6.25. The van der Waals surface area contributed by atoms with E-state index in [0.717, 1.165) is 25.9 Å². The number of hydrogen-bond acceptors (Lipinski definition) is 4. The summed E-state index contributed by atoms with van der Waals surface area (Å²) in [5.74, 6) is 0.498. The van der Waals surface area contributed by atoms with Crippen molar-refractivity contribution in [2.45, 2.75) is 72.4 Å². The second kappa shape index (κ2) is 10.2. The van der Waals surface area contributed by atoms with E-state index in [0.29, 0.717) is 19.1 Å². The predicted molar refractivity (Wildman–Crippen MR) is 82.8 cm³/mol. The SMILES string of the molecule is CCOC(=O)C(C)(CCCOCCC(C)C)NC(C)C. The van der Waals surface area contributed by atoms with E-state index in [1.54, 1.807) is 0 Å². The number of hydrogen-bond donors (Lipinski definition) is 1. The number of carbonyl (C=O) groups is 1. The third-order valence-corrected chi connectivity index (χ3v) is 3.14. The van der Waals surface area contributed by atoms with Crippen LogP contribution in [0.5, 0.6) is 0 Å². The maximum Gasteiger partial charge on any atom is 0.326 e. The first-order valence-electron chi connectivity index (χ1n) is 7.84. The number of nitrogens with one attached hydrogen (secondary N) is 1. The molecule has 0 aromatic rings. The van der Waals surface area contributed by atoms with Crippen molar-refractivity contribution in [1.29, 1.82) is 0 Å². The van der Waals surface area contributed by atoms with Gasteiger partial charge in [0.25, 0.3) is 0 Å². The summed E-state index contributed by atoms with van der Waals surface area (Å²) in [6.07, 6.45) is 2.66. The number of rotatable bonds is 11. The topological polar surface area (TPSA) is 47.6 Å². The minimum Gasteiger partial charge on any atom is -0.465 e. The first-order chi connectivity index (χ1) is 9.31. The Morgan fingerprint density at radius 3 is 2.35 bits per heavy atom. The molecule has 0 spiro atoms. The van der Waals surface area contributed by atoms with Crippen molar-refractivity contribution in [1.82, 2.24) is 5.32 Å². The van der Waals surface area contributed by atoms with Crippen molar-refractivity contribution in [2.75, 3.05) is 19.8 Å².